The molecule has 0 fully saturated rings. The molecule has 1 aromatic rings. The third-order valence-electron chi connectivity index (χ3n) is 2.95. The van der Waals surface area contributed by atoms with Crippen molar-refractivity contribution < 1.29 is 19.0 Å². The van der Waals surface area contributed by atoms with Crippen LogP contribution in [-0.2, 0) is 20.8 Å². The van der Waals surface area contributed by atoms with Gasteiger partial charge in [-0.2, -0.15) is 0 Å². The van der Waals surface area contributed by atoms with Crippen LogP contribution in [0.5, 0.6) is 0 Å². The van der Waals surface area contributed by atoms with Gasteiger partial charge in [-0.05, 0) is 25.8 Å². The van der Waals surface area contributed by atoms with Gasteiger partial charge in [0.1, 0.15) is 6.61 Å². The van der Waals surface area contributed by atoms with E-state index in [2.05, 4.69) is 5.32 Å². The first-order valence-corrected chi connectivity index (χ1v) is 7.41. The highest BCUT2D eigenvalue weighted by atomic mass is 16.7. The largest absolute Gasteiger partial charge is 0.445 e. The van der Waals surface area contributed by atoms with Gasteiger partial charge in [0.15, 0.2) is 6.29 Å². The Morgan fingerprint density at radius 2 is 1.71 bits per heavy atom. The van der Waals surface area contributed by atoms with Crippen molar-refractivity contribution in [3.63, 3.8) is 0 Å². The molecule has 0 spiro atoms. The SMILES string of the molecule is CCOC(OCC)C(CC)NC(=O)OCc1ccccc1. The number of amides is 1. The standard InChI is InChI=1S/C16H25NO4/c1-4-14(15(19-5-2)20-6-3)17-16(18)21-12-13-10-8-7-9-11-13/h7-11,14-15H,4-6,12H2,1-3H3,(H,17,18). The third kappa shape index (κ3) is 6.60. The minimum atomic E-state index is -0.463. The van der Waals surface area contributed by atoms with Crippen LogP contribution in [0.25, 0.3) is 0 Å². The number of nitrogens with one attached hydrogen (secondary N) is 1. The topological polar surface area (TPSA) is 56.8 Å². The summed E-state index contributed by atoms with van der Waals surface area (Å²) >= 11 is 0. The molecule has 0 saturated heterocycles. The molecule has 0 radical (unpaired) electrons. The van der Waals surface area contributed by atoms with Crippen LogP contribution in [0.2, 0.25) is 0 Å². The first kappa shape index (κ1) is 17.5. The summed E-state index contributed by atoms with van der Waals surface area (Å²) in [6.45, 7) is 7.06. The van der Waals surface area contributed by atoms with E-state index < -0.39 is 12.4 Å². The molecule has 21 heavy (non-hydrogen) atoms. The second kappa shape index (κ2) is 10.2. The van der Waals surface area contributed by atoms with Crippen LogP contribution < -0.4 is 5.32 Å². The van der Waals surface area contributed by atoms with Crippen LogP contribution in [-0.4, -0.2) is 31.6 Å². The van der Waals surface area contributed by atoms with E-state index in [0.29, 0.717) is 19.6 Å². The third-order valence-corrected chi connectivity index (χ3v) is 2.95. The molecular weight excluding hydrogens is 270 g/mol. The molecule has 1 unspecified atom stereocenters. The summed E-state index contributed by atoms with van der Waals surface area (Å²) < 4.78 is 16.2. The molecule has 0 aliphatic heterocycles. The van der Waals surface area contributed by atoms with Gasteiger partial charge in [-0.3, -0.25) is 0 Å². The predicted octanol–water partition coefficient (Wildman–Crippen LogP) is 3.09. The Morgan fingerprint density at radius 1 is 1.10 bits per heavy atom. The van der Waals surface area contributed by atoms with E-state index in [9.17, 15) is 4.79 Å². The molecule has 5 nitrogen and oxygen atoms in total. The van der Waals surface area contributed by atoms with Crippen molar-refractivity contribution in [3.05, 3.63) is 35.9 Å². The highest BCUT2D eigenvalue weighted by Gasteiger charge is 2.23. The van der Waals surface area contributed by atoms with E-state index in [-0.39, 0.29) is 12.6 Å². The normalized spacial score (nSPS) is 12.2. The summed E-state index contributed by atoms with van der Waals surface area (Å²) in [4.78, 5) is 11.9. The number of benzene rings is 1. The van der Waals surface area contributed by atoms with E-state index in [0.717, 1.165) is 5.56 Å². The molecular formula is C16H25NO4. The fraction of sp³-hybridized carbons (Fsp3) is 0.562. The summed E-state index contributed by atoms with van der Waals surface area (Å²) in [7, 11) is 0. The monoisotopic (exact) mass is 295 g/mol. The van der Waals surface area contributed by atoms with Crippen molar-refractivity contribution >= 4 is 6.09 Å². The predicted molar refractivity (Wildman–Crippen MR) is 80.9 cm³/mol. The Hall–Kier alpha value is -1.59. The quantitative estimate of drug-likeness (QED) is 0.711. The smallest absolute Gasteiger partial charge is 0.407 e. The lowest BCUT2D eigenvalue weighted by molar-refractivity contribution is -0.153. The number of alkyl carbamates (subject to hydrolysis) is 1. The lowest BCUT2D eigenvalue weighted by atomic mass is 10.2. The zero-order chi connectivity index (χ0) is 15.5. The van der Waals surface area contributed by atoms with Gasteiger partial charge in [0.05, 0.1) is 6.04 Å². The molecule has 118 valence electrons. The van der Waals surface area contributed by atoms with Gasteiger partial charge in [0, 0.05) is 13.2 Å². The molecule has 1 rings (SSSR count). The number of hydrogen-bond acceptors (Lipinski definition) is 4. The molecule has 0 heterocycles. The van der Waals surface area contributed by atoms with Crippen LogP contribution in [0.1, 0.15) is 32.8 Å². The van der Waals surface area contributed by atoms with Crippen LogP contribution in [0.15, 0.2) is 30.3 Å². The van der Waals surface area contributed by atoms with Gasteiger partial charge in [-0.25, -0.2) is 4.79 Å². The maximum absolute atomic E-state index is 11.9. The number of ether oxygens (including phenoxy) is 3. The van der Waals surface area contributed by atoms with E-state index in [4.69, 9.17) is 14.2 Å². The van der Waals surface area contributed by atoms with E-state index >= 15 is 0 Å². The Labute approximate surface area is 126 Å². The molecule has 0 aromatic heterocycles. The van der Waals surface area contributed by atoms with E-state index in [1.54, 1.807) is 0 Å². The first-order chi connectivity index (χ1) is 10.2. The average Bonchev–Trinajstić information content (AvgIpc) is 2.51. The number of rotatable bonds is 9. The Morgan fingerprint density at radius 3 is 2.24 bits per heavy atom. The van der Waals surface area contributed by atoms with Crippen LogP contribution in [0, 0.1) is 0 Å². The minimum Gasteiger partial charge on any atom is -0.445 e. The zero-order valence-electron chi connectivity index (χ0n) is 13.0. The van der Waals surface area contributed by atoms with Gasteiger partial charge >= 0.3 is 6.09 Å². The first-order valence-electron chi connectivity index (χ1n) is 7.41. The molecule has 0 bridgehead atoms. The number of hydrogen-bond donors (Lipinski definition) is 1. The van der Waals surface area contributed by atoms with Crippen LogP contribution in [0.3, 0.4) is 0 Å². The molecule has 1 atom stereocenters. The van der Waals surface area contributed by atoms with Crippen molar-refractivity contribution in [2.45, 2.75) is 46.1 Å². The summed E-state index contributed by atoms with van der Waals surface area (Å²) in [5.41, 5.74) is 0.951. The lowest BCUT2D eigenvalue weighted by Crippen LogP contribution is -2.45. The number of carbonyl (C=O) groups is 1. The molecule has 0 saturated carbocycles. The molecule has 1 aromatic carbocycles. The highest BCUT2D eigenvalue weighted by molar-refractivity contribution is 5.67. The van der Waals surface area contributed by atoms with Crippen molar-refractivity contribution in [3.8, 4) is 0 Å². The van der Waals surface area contributed by atoms with Crippen molar-refractivity contribution in [2.24, 2.45) is 0 Å². The molecule has 1 amide bonds. The van der Waals surface area contributed by atoms with Crippen molar-refractivity contribution in [1.29, 1.82) is 0 Å². The second-order valence-electron chi connectivity index (χ2n) is 4.50. The van der Waals surface area contributed by atoms with Crippen molar-refractivity contribution in [1.82, 2.24) is 5.32 Å². The van der Waals surface area contributed by atoms with Gasteiger partial charge in [0.2, 0.25) is 0 Å². The van der Waals surface area contributed by atoms with Gasteiger partial charge in [0.25, 0.3) is 0 Å². The molecule has 0 aliphatic rings. The molecule has 0 aliphatic carbocycles. The Bertz CT molecular complexity index is 391. The average molecular weight is 295 g/mol. The lowest BCUT2D eigenvalue weighted by Gasteiger charge is -2.26. The molecule has 1 N–H and O–H groups in total. The minimum absolute atomic E-state index is 0.229. The van der Waals surface area contributed by atoms with Crippen molar-refractivity contribution in [2.75, 3.05) is 13.2 Å². The maximum Gasteiger partial charge on any atom is 0.407 e. The number of carbonyl (C=O) groups excluding carboxylic acids is 1. The summed E-state index contributed by atoms with van der Waals surface area (Å²) in [6, 6.07) is 9.33. The zero-order valence-corrected chi connectivity index (χ0v) is 13.0. The van der Waals surface area contributed by atoms with Gasteiger partial charge in [-0.15, -0.1) is 0 Å². The van der Waals surface area contributed by atoms with E-state index in [1.807, 2.05) is 51.1 Å². The summed E-state index contributed by atoms with van der Waals surface area (Å²) in [5.74, 6) is 0. The fourth-order valence-electron chi connectivity index (χ4n) is 1.89. The second-order valence-corrected chi connectivity index (χ2v) is 4.50. The van der Waals surface area contributed by atoms with E-state index in [1.165, 1.54) is 0 Å². The maximum atomic E-state index is 11.9. The molecule has 5 heteroatoms. The summed E-state index contributed by atoms with van der Waals surface area (Å²) in [6.07, 6.45) is -0.213. The Kier molecular flexibility index (Phi) is 8.47. The summed E-state index contributed by atoms with van der Waals surface area (Å²) in [5, 5.41) is 2.80. The van der Waals surface area contributed by atoms with Crippen LogP contribution in [0.4, 0.5) is 4.79 Å². The fourth-order valence-corrected chi connectivity index (χ4v) is 1.89. The van der Waals surface area contributed by atoms with Crippen LogP contribution >= 0.6 is 0 Å². The van der Waals surface area contributed by atoms with Gasteiger partial charge < -0.3 is 19.5 Å². The Balaban J connectivity index is 2.45. The van der Waals surface area contributed by atoms with Gasteiger partial charge in [-0.1, -0.05) is 37.3 Å². The highest BCUT2D eigenvalue weighted by Crippen LogP contribution is 2.07.